The Labute approximate surface area is 96.6 Å². The van der Waals surface area contributed by atoms with Crippen LogP contribution in [0.5, 0.6) is 0 Å². The summed E-state index contributed by atoms with van der Waals surface area (Å²) in [5, 5.41) is 0. The summed E-state index contributed by atoms with van der Waals surface area (Å²) in [5.74, 6) is 0. The Bertz CT molecular complexity index is 174. The maximum atomic E-state index is 5.90. The van der Waals surface area contributed by atoms with Crippen molar-refractivity contribution < 1.29 is 4.52 Å². The molecule has 0 bridgehead atoms. The van der Waals surface area contributed by atoms with Gasteiger partial charge in [0.25, 0.3) is 0 Å². The molecule has 2 nitrogen and oxygen atoms in total. The molecule has 0 heterocycles. The van der Waals surface area contributed by atoms with E-state index < -0.39 is 8.30 Å². The first-order valence-electron chi connectivity index (χ1n) is 5.78. The summed E-state index contributed by atoms with van der Waals surface area (Å²) in [6, 6.07) is 1.04. The van der Waals surface area contributed by atoms with Crippen molar-refractivity contribution in [2.45, 2.75) is 59.3 Å². The van der Waals surface area contributed by atoms with Crippen LogP contribution in [-0.2, 0) is 4.52 Å². The second-order valence-electron chi connectivity index (χ2n) is 4.26. The Morgan fingerprint density at radius 3 is 1.93 bits per heavy atom. The van der Waals surface area contributed by atoms with Crippen molar-refractivity contribution in [3.8, 4) is 0 Å². The van der Waals surface area contributed by atoms with E-state index in [1.54, 1.807) is 0 Å². The molecule has 0 aromatic carbocycles. The molecule has 0 saturated heterocycles. The molecule has 0 aliphatic heterocycles. The number of rotatable bonds is 7. The molecule has 0 saturated carbocycles. The molecule has 0 aliphatic rings. The number of hydrogen-bond donors (Lipinski definition) is 0. The molecular formula is C12H26NOP. The Kier molecular flexibility index (Phi) is 7.42. The van der Waals surface area contributed by atoms with Gasteiger partial charge in [-0.1, -0.05) is 13.0 Å². The Morgan fingerprint density at radius 2 is 1.67 bits per heavy atom. The first kappa shape index (κ1) is 15.1. The van der Waals surface area contributed by atoms with Crippen molar-refractivity contribution in [3.05, 3.63) is 12.7 Å². The lowest BCUT2D eigenvalue weighted by Gasteiger charge is -2.39. The summed E-state index contributed by atoms with van der Waals surface area (Å²) >= 11 is 0. The minimum atomic E-state index is -0.549. The monoisotopic (exact) mass is 231 g/mol. The van der Waals surface area contributed by atoms with Crippen LogP contribution in [0.1, 0.15) is 41.5 Å². The smallest absolute Gasteiger partial charge is 0.111 e. The van der Waals surface area contributed by atoms with E-state index in [0.29, 0.717) is 17.7 Å². The van der Waals surface area contributed by atoms with Crippen LogP contribution in [-0.4, -0.2) is 29.0 Å². The first-order valence-corrected chi connectivity index (χ1v) is 7.06. The van der Waals surface area contributed by atoms with E-state index >= 15 is 0 Å². The van der Waals surface area contributed by atoms with E-state index in [1.807, 2.05) is 6.08 Å². The molecule has 0 aromatic rings. The van der Waals surface area contributed by atoms with Gasteiger partial charge in [0.1, 0.15) is 8.30 Å². The molecular weight excluding hydrogens is 205 g/mol. The van der Waals surface area contributed by atoms with Crippen LogP contribution in [0.3, 0.4) is 0 Å². The quantitative estimate of drug-likeness (QED) is 0.484. The van der Waals surface area contributed by atoms with Crippen molar-refractivity contribution in [2.24, 2.45) is 0 Å². The molecule has 0 spiro atoms. The fourth-order valence-corrected chi connectivity index (χ4v) is 3.81. The standard InChI is InChI=1S/C12H26NOP/c1-8-12(7)15(14-9-2)13(10(3)4)11(5)6/h8,10-12H,1,9H2,2-7H3. The molecule has 0 aromatic heterocycles. The van der Waals surface area contributed by atoms with Crippen LogP contribution in [0.2, 0.25) is 0 Å². The molecule has 0 rings (SSSR count). The fraction of sp³-hybridized carbons (Fsp3) is 0.833. The highest BCUT2D eigenvalue weighted by Gasteiger charge is 2.28. The SMILES string of the molecule is C=CC(C)P(OCC)N(C(C)C)C(C)C. The maximum Gasteiger partial charge on any atom is 0.111 e. The van der Waals surface area contributed by atoms with Crippen LogP contribution in [0.25, 0.3) is 0 Å². The Balaban J connectivity index is 4.74. The van der Waals surface area contributed by atoms with Crippen molar-refractivity contribution in [1.82, 2.24) is 4.67 Å². The largest absolute Gasteiger partial charge is 0.343 e. The molecule has 0 aliphatic carbocycles. The predicted octanol–water partition coefficient (Wildman–Crippen LogP) is 4.03. The fourth-order valence-electron chi connectivity index (χ4n) is 1.67. The van der Waals surface area contributed by atoms with Gasteiger partial charge in [-0.05, 0) is 34.6 Å². The average Bonchev–Trinajstić information content (AvgIpc) is 2.14. The van der Waals surface area contributed by atoms with Gasteiger partial charge in [0, 0.05) is 24.3 Å². The summed E-state index contributed by atoms with van der Waals surface area (Å²) in [4.78, 5) is 0. The zero-order valence-electron chi connectivity index (χ0n) is 11.0. The lowest BCUT2D eigenvalue weighted by atomic mass is 10.3. The third-order valence-corrected chi connectivity index (χ3v) is 5.05. The highest BCUT2D eigenvalue weighted by Crippen LogP contribution is 2.49. The number of hydrogen-bond acceptors (Lipinski definition) is 2. The van der Waals surface area contributed by atoms with Gasteiger partial charge < -0.3 is 4.52 Å². The Morgan fingerprint density at radius 1 is 1.20 bits per heavy atom. The third-order valence-electron chi connectivity index (χ3n) is 2.24. The van der Waals surface area contributed by atoms with Crippen LogP contribution in [0.15, 0.2) is 12.7 Å². The van der Waals surface area contributed by atoms with E-state index in [4.69, 9.17) is 4.52 Å². The molecule has 90 valence electrons. The number of nitrogens with zero attached hydrogens (tertiary/aromatic N) is 1. The molecule has 3 heteroatoms. The van der Waals surface area contributed by atoms with Gasteiger partial charge in [-0.15, -0.1) is 6.58 Å². The topological polar surface area (TPSA) is 12.5 Å². The van der Waals surface area contributed by atoms with Crippen molar-refractivity contribution >= 4 is 8.30 Å². The molecule has 0 radical (unpaired) electrons. The van der Waals surface area contributed by atoms with Gasteiger partial charge in [0.2, 0.25) is 0 Å². The summed E-state index contributed by atoms with van der Waals surface area (Å²) in [5.41, 5.74) is 0.421. The lowest BCUT2D eigenvalue weighted by Crippen LogP contribution is -2.35. The molecule has 0 amide bonds. The predicted molar refractivity (Wildman–Crippen MR) is 70.3 cm³/mol. The normalized spacial score (nSPS) is 16.1. The highest BCUT2D eigenvalue weighted by atomic mass is 31.2. The van der Waals surface area contributed by atoms with Crippen molar-refractivity contribution in [1.29, 1.82) is 0 Å². The molecule has 15 heavy (non-hydrogen) atoms. The summed E-state index contributed by atoms with van der Waals surface area (Å²) in [6.45, 7) is 17.8. The van der Waals surface area contributed by atoms with Gasteiger partial charge in [-0.2, -0.15) is 0 Å². The highest BCUT2D eigenvalue weighted by molar-refractivity contribution is 7.51. The minimum absolute atomic E-state index is 0.421. The third kappa shape index (κ3) is 4.63. The summed E-state index contributed by atoms with van der Waals surface area (Å²) in [7, 11) is -0.549. The van der Waals surface area contributed by atoms with Gasteiger partial charge in [-0.3, -0.25) is 4.67 Å². The van der Waals surface area contributed by atoms with E-state index in [9.17, 15) is 0 Å². The molecule has 0 N–H and O–H groups in total. The first-order chi connectivity index (χ1) is 6.95. The number of allylic oxidation sites excluding steroid dienone is 1. The summed E-state index contributed by atoms with van der Waals surface area (Å²) < 4.78 is 8.36. The van der Waals surface area contributed by atoms with Gasteiger partial charge >= 0.3 is 0 Å². The van der Waals surface area contributed by atoms with Gasteiger partial charge in [0.05, 0.1) is 0 Å². The van der Waals surface area contributed by atoms with E-state index in [0.717, 1.165) is 6.61 Å². The lowest BCUT2D eigenvalue weighted by molar-refractivity contribution is 0.258. The second-order valence-corrected chi connectivity index (χ2v) is 6.40. The van der Waals surface area contributed by atoms with Crippen molar-refractivity contribution in [3.63, 3.8) is 0 Å². The molecule has 2 unspecified atom stereocenters. The van der Waals surface area contributed by atoms with Crippen LogP contribution < -0.4 is 0 Å². The van der Waals surface area contributed by atoms with Gasteiger partial charge in [-0.25, -0.2) is 0 Å². The molecule has 2 atom stereocenters. The van der Waals surface area contributed by atoms with Gasteiger partial charge in [0.15, 0.2) is 0 Å². The zero-order chi connectivity index (χ0) is 12.0. The average molecular weight is 231 g/mol. The van der Waals surface area contributed by atoms with Crippen LogP contribution in [0.4, 0.5) is 0 Å². The Hall–Kier alpha value is 0.0900. The van der Waals surface area contributed by atoms with E-state index in [1.165, 1.54) is 0 Å². The summed E-state index contributed by atoms with van der Waals surface area (Å²) in [6.07, 6.45) is 2.00. The molecule has 0 fully saturated rings. The zero-order valence-corrected chi connectivity index (χ0v) is 11.9. The minimum Gasteiger partial charge on any atom is -0.343 e. The van der Waals surface area contributed by atoms with Crippen LogP contribution >= 0.6 is 8.30 Å². The van der Waals surface area contributed by atoms with Crippen molar-refractivity contribution in [2.75, 3.05) is 6.61 Å². The van der Waals surface area contributed by atoms with E-state index in [-0.39, 0.29) is 0 Å². The second kappa shape index (κ2) is 7.38. The van der Waals surface area contributed by atoms with E-state index in [2.05, 4.69) is 52.8 Å². The maximum absolute atomic E-state index is 5.90. The van der Waals surface area contributed by atoms with Crippen LogP contribution in [0, 0.1) is 0 Å².